The molecule has 0 aliphatic carbocycles. The predicted octanol–water partition coefficient (Wildman–Crippen LogP) is 3.40. The maximum Gasteiger partial charge on any atom is 0.167 e. The summed E-state index contributed by atoms with van der Waals surface area (Å²) in [7, 11) is 0. The minimum absolute atomic E-state index is 0.165. The second-order valence-electron chi connectivity index (χ2n) is 4.67. The lowest BCUT2D eigenvalue weighted by atomic mass is 10.2. The van der Waals surface area contributed by atoms with Crippen molar-refractivity contribution < 1.29 is 14.2 Å². The van der Waals surface area contributed by atoms with Crippen LogP contribution in [0.4, 0.5) is 15.8 Å². The van der Waals surface area contributed by atoms with Crippen LogP contribution >= 0.6 is 11.3 Å². The first kappa shape index (κ1) is 15.6. The largest absolute Gasteiger partial charge is 0.490 e. The van der Waals surface area contributed by atoms with Crippen molar-refractivity contribution in [1.82, 2.24) is 0 Å². The number of hydrogen-bond acceptors (Lipinski definition) is 5. The van der Waals surface area contributed by atoms with Crippen molar-refractivity contribution in [1.29, 1.82) is 0 Å². The maximum atomic E-state index is 13.7. The Kier molecular flexibility index (Phi) is 5.41. The number of nitrogens with two attached hydrogens (primary N) is 1. The van der Waals surface area contributed by atoms with Crippen LogP contribution in [0.5, 0.6) is 5.75 Å². The van der Waals surface area contributed by atoms with Gasteiger partial charge in [0.2, 0.25) is 0 Å². The molecule has 1 unspecified atom stereocenters. The molecule has 0 saturated carbocycles. The van der Waals surface area contributed by atoms with Crippen LogP contribution in [0.1, 0.15) is 25.0 Å². The number of thiophene rings is 1. The smallest absolute Gasteiger partial charge is 0.167 e. The zero-order valence-corrected chi connectivity index (χ0v) is 12.6. The number of aliphatic hydroxyl groups is 1. The Bertz CT molecular complexity index is 575. The van der Waals surface area contributed by atoms with Gasteiger partial charge in [-0.15, -0.1) is 0 Å². The van der Waals surface area contributed by atoms with Gasteiger partial charge in [0, 0.05) is 18.7 Å². The fraction of sp³-hybridized carbons (Fsp3) is 0.333. The number of hydrogen-bond donors (Lipinski definition) is 3. The second-order valence-corrected chi connectivity index (χ2v) is 5.45. The summed E-state index contributed by atoms with van der Waals surface area (Å²) in [4.78, 5) is 0. The van der Waals surface area contributed by atoms with Crippen molar-refractivity contribution in [2.75, 3.05) is 24.2 Å². The molecule has 4 N–H and O–H groups in total. The van der Waals surface area contributed by atoms with E-state index in [1.54, 1.807) is 0 Å². The minimum atomic E-state index is -0.638. The van der Waals surface area contributed by atoms with Gasteiger partial charge in [-0.25, -0.2) is 4.39 Å². The first-order valence-electron chi connectivity index (χ1n) is 6.77. The molecule has 0 amide bonds. The fourth-order valence-corrected chi connectivity index (χ4v) is 2.54. The number of anilines is 2. The van der Waals surface area contributed by atoms with Crippen LogP contribution in [-0.2, 0) is 0 Å². The summed E-state index contributed by atoms with van der Waals surface area (Å²) in [5, 5.41) is 16.8. The summed E-state index contributed by atoms with van der Waals surface area (Å²) in [6, 6.07) is 4.62. The summed E-state index contributed by atoms with van der Waals surface area (Å²) in [6.45, 7) is 2.68. The van der Waals surface area contributed by atoms with Gasteiger partial charge in [0.1, 0.15) is 0 Å². The monoisotopic (exact) mass is 310 g/mol. The number of nitrogen functional groups attached to an aromatic ring is 1. The third kappa shape index (κ3) is 4.09. The van der Waals surface area contributed by atoms with Gasteiger partial charge < -0.3 is 20.9 Å². The van der Waals surface area contributed by atoms with E-state index in [0.717, 1.165) is 12.0 Å². The lowest BCUT2D eigenvalue weighted by Crippen LogP contribution is -2.13. The van der Waals surface area contributed by atoms with Gasteiger partial charge in [0.15, 0.2) is 11.6 Å². The van der Waals surface area contributed by atoms with E-state index in [0.29, 0.717) is 18.8 Å². The number of halogens is 1. The molecule has 1 aromatic carbocycles. The van der Waals surface area contributed by atoms with Crippen LogP contribution < -0.4 is 15.8 Å². The zero-order valence-electron chi connectivity index (χ0n) is 11.8. The van der Waals surface area contributed by atoms with Gasteiger partial charge in [-0.2, -0.15) is 11.3 Å². The Morgan fingerprint density at radius 1 is 1.48 bits per heavy atom. The molecular weight excluding hydrogens is 291 g/mol. The first-order chi connectivity index (χ1) is 10.1. The molecule has 0 fully saturated rings. The number of benzene rings is 1. The molecule has 0 aliphatic heterocycles. The molecule has 2 rings (SSSR count). The fourth-order valence-electron chi connectivity index (χ4n) is 1.83. The van der Waals surface area contributed by atoms with E-state index in [2.05, 4.69) is 5.32 Å². The molecule has 2 aromatic rings. The van der Waals surface area contributed by atoms with E-state index in [-0.39, 0.29) is 11.4 Å². The van der Waals surface area contributed by atoms with Gasteiger partial charge in [-0.3, -0.25) is 0 Å². The third-order valence-corrected chi connectivity index (χ3v) is 3.68. The quantitative estimate of drug-likeness (QED) is 0.686. The van der Waals surface area contributed by atoms with Crippen LogP contribution in [0.15, 0.2) is 29.0 Å². The molecule has 21 heavy (non-hydrogen) atoms. The minimum Gasteiger partial charge on any atom is -0.490 e. The molecule has 0 aliphatic rings. The Labute approximate surface area is 127 Å². The topological polar surface area (TPSA) is 67.5 Å². The van der Waals surface area contributed by atoms with E-state index >= 15 is 0 Å². The summed E-state index contributed by atoms with van der Waals surface area (Å²) in [5.41, 5.74) is 7.47. The van der Waals surface area contributed by atoms with E-state index in [1.165, 1.54) is 23.5 Å². The Morgan fingerprint density at radius 3 is 2.95 bits per heavy atom. The molecule has 1 heterocycles. The Morgan fingerprint density at radius 2 is 2.29 bits per heavy atom. The maximum absolute atomic E-state index is 13.7. The van der Waals surface area contributed by atoms with Gasteiger partial charge >= 0.3 is 0 Å². The van der Waals surface area contributed by atoms with Crippen LogP contribution in [0.3, 0.4) is 0 Å². The van der Waals surface area contributed by atoms with E-state index in [1.807, 2.05) is 23.8 Å². The summed E-state index contributed by atoms with van der Waals surface area (Å²) in [6.07, 6.45) is 0.157. The molecular formula is C15H19FN2O2S. The molecule has 4 nitrogen and oxygen atoms in total. The first-order valence-corrected chi connectivity index (χ1v) is 7.72. The number of nitrogens with one attached hydrogen (secondary N) is 1. The molecule has 6 heteroatoms. The van der Waals surface area contributed by atoms with Gasteiger partial charge in [-0.05, 0) is 28.8 Å². The van der Waals surface area contributed by atoms with Crippen LogP contribution in [0, 0.1) is 5.82 Å². The van der Waals surface area contributed by atoms with Gasteiger partial charge in [0.25, 0.3) is 0 Å². The standard InChI is InChI=1S/C15H19FN2O2S/c1-2-4-20-15-7-13(12(17)6-11(15)16)18-8-14(19)10-3-5-21-9-10/h3,5-7,9,14,18-19H,2,4,8,17H2,1H3. The number of rotatable bonds is 7. The van der Waals surface area contributed by atoms with Crippen molar-refractivity contribution in [2.45, 2.75) is 19.4 Å². The zero-order chi connectivity index (χ0) is 15.2. The number of aliphatic hydroxyl groups excluding tert-OH is 1. The molecule has 0 spiro atoms. The van der Waals surface area contributed by atoms with Gasteiger partial charge in [0.05, 0.1) is 24.1 Å². The third-order valence-electron chi connectivity index (χ3n) is 2.98. The molecule has 0 bridgehead atoms. The van der Waals surface area contributed by atoms with Crippen molar-refractivity contribution in [3.8, 4) is 5.75 Å². The summed E-state index contributed by atoms with van der Waals surface area (Å²) in [5.74, 6) is -0.316. The highest BCUT2D eigenvalue weighted by molar-refractivity contribution is 7.07. The predicted molar refractivity (Wildman–Crippen MR) is 84.4 cm³/mol. The molecule has 114 valence electrons. The summed E-state index contributed by atoms with van der Waals surface area (Å²) >= 11 is 1.52. The van der Waals surface area contributed by atoms with Crippen molar-refractivity contribution in [3.05, 3.63) is 40.3 Å². The van der Waals surface area contributed by atoms with Crippen LogP contribution in [-0.4, -0.2) is 18.3 Å². The van der Waals surface area contributed by atoms with E-state index < -0.39 is 11.9 Å². The van der Waals surface area contributed by atoms with Crippen LogP contribution in [0.2, 0.25) is 0 Å². The van der Waals surface area contributed by atoms with Crippen molar-refractivity contribution in [2.24, 2.45) is 0 Å². The average molecular weight is 310 g/mol. The molecule has 0 saturated heterocycles. The lowest BCUT2D eigenvalue weighted by Gasteiger charge is -2.15. The van der Waals surface area contributed by atoms with Crippen molar-refractivity contribution >= 4 is 22.7 Å². The highest BCUT2D eigenvalue weighted by Gasteiger charge is 2.12. The van der Waals surface area contributed by atoms with Crippen molar-refractivity contribution in [3.63, 3.8) is 0 Å². The highest BCUT2D eigenvalue weighted by atomic mass is 32.1. The average Bonchev–Trinajstić information content (AvgIpc) is 2.99. The molecule has 0 radical (unpaired) electrons. The lowest BCUT2D eigenvalue weighted by molar-refractivity contribution is 0.192. The summed E-state index contributed by atoms with van der Waals surface area (Å²) < 4.78 is 19.0. The molecule has 1 aromatic heterocycles. The normalized spacial score (nSPS) is 12.1. The Balaban J connectivity index is 2.05. The van der Waals surface area contributed by atoms with Gasteiger partial charge in [-0.1, -0.05) is 6.92 Å². The van der Waals surface area contributed by atoms with E-state index in [4.69, 9.17) is 10.5 Å². The SMILES string of the molecule is CCCOc1cc(NCC(O)c2ccsc2)c(N)cc1F. The van der Waals surface area contributed by atoms with Crippen LogP contribution in [0.25, 0.3) is 0 Å². The highest BCUT2D eigenvalue weighted by Crippen LogP contribution is 2.29. The second kappa shape index (κ2) is 7.28. The van der Waals surface area contributed by atoms with E-state index in [9.17, 15) is 9.50 Å². The number of ether oxygens (including phenoxy) is 1. The Hall–Kier alpha value is -1.79. The molecule has 1 atom stereocenters.